The average molecular weight is 285 g/mol. The Hall–Kier alpha value is -0.120. The highest BCUT2D eigenvalue weighted by Crippen LogP contribution is 2.23. The Bertz CT molecular complexity index is 238. The molecule has 3 heteroatoms. The zero-order valence-electron chi connectivity index (χ0n) is 14.0. The third kappa shape index (κ3) is 8.93. The Kier molecular flexibility index (Phi) is 8.74. The molecule has 1 rings (SSSR count). The summed E-state index contributed by atoms with van der Waals surface area (Å²) in [4.78, 5) is 0. The van der Waals surface area contributed by atoms with Crippen molar-refractivity contribution in [3.63, 3.8) is 0 Å². The van der Waals surface area contributed by atoms with Crippen LogP contribution < -0.4 is 5.32 Å². The van der Waals surface area contributed by atoms with Gasteiger partial charge in [-0.25, -0.2) is 0 Å². The van der Waals surface area contributed by atoms with Gasteiger partial charge in [-0.15, -0.1) is 0 Å². The SMILES string of the molecule is COC1CCCC(OCCCCCCNC(C)(C)C)C1. The van der Waals surface area contributed by atoms with Crippen LogP contribution in [0.4, 0.5) is 0 Å². The molecule has 0 aromatic rings. The van der Waals surface area contributed by atoms with Crippen molar-refractivity contribution in [3.8, 4) is 0 Å². The molecule has 120 valence electrons. The second kappa shape index (κ2) is 9.75. The summed E-state index contributed by atoms with van der Waals surface area (Å²) in [7, 11) is 1.82. The minimum Gasteiger partial charge on any atom is -0.381 e. The average Bonchev–Trinajstić information content (AvgIpc) is 2.41. The van der Waals surface area contributed by atoms with Gasteiger partial charge in [0.25, 0.3) is 0 Å². The molecule has 3 nitrogen and oxygen atoms in total. The van der Waals surface area contributed by atoms with Crippen molar-refractivity contribution >= 4 is 0 Å². The van der Waals surface area contributed by atoms with Gasteiger partial charge in [-0.2, -0.15) is 0 Å². The van der Waals surface area contributed by atoms with Crippen molar-refractivity contribution in [1.29, 1.82) is 0 Å². The molecule has 1 N–H and O–H groups in total. The number of nitrogens with one attached hydrogen (secondary N) is 1. The summed E-state index contributed by atoms with van der Waals surface area (Å²) >= 11 is 0. The van der Waals surface area contributed by atoms with Gasteiger partial charge in [0.05, 0.1) is 12.2 Å². The number of ether oxygens (including phenoxy) is 2. The van der Waals surface area contributed by atoms with Crippen molar-refractivity contribution in [2.75, 3.05) is 20.3 Å². The third-order valence-electron chi connectivity index (χ3n) is 3.99. The Morgan fingerprint density at radius 2 is 1.70 bits per heavy atom. The van der Waals surface area contributed by atoms with Gasteiger partial charge in [-0.05, 0) is 65.8 Å². The van der Waals surface area contributed by atoms with E-state index in [1.807, 2.05) is 7.11 Å². The fourth-order valence-corrected chi connectivity index (χ4v) is 2.76. The van der Waals surface area contributed by atoms with Gasteiger partial charge < -0.3 is 14.8 Å². The minimum absolute atomic E-state index is 0.252. The molecule has 0 radical (unpaired) electrons. The Morgan fingerprint density at radius 3 is 2.40 bits per heavy atom. The standard InChI is InChI=1S/C17H35NO2/c1-17(2,3)18-12-7-5-6-8-13-20-16-11-9-10-15(14-16)19-4/h15-16,18H,5-14H2,1-4H3. The van der Waals surface area contributed by atoms with Crippen LogP contribution in [0.1, 0.15) is 72.1 Å². The van der Waals surface area contributed by atoms with Crippen LogP contribution in [0.15, 0.2) is 0 Å². The van der Waals surface area contributed by atoms with Crippen LogP contribution in [-0.2, 0) is 9.47 Å². The minimum atomic E-state index is 0.252. The second-order valence-electron chi connectivity index (χ2n) is 7.11. The van der Waals surface area contributed by atoms with Gasteiger partial charge in [-0.3, -0.25) is 0 Å². The fourth-order valence-electron chi connectivity index (χ4n) is 2.76. The first-order valence-electron chi connectivity index (χ1n) is 8.40. The van der Waals surface area contributed by atoms with Gasteiger partial charge in [-0.1, -0.05) is 12.8 Å². The van der Waals surface area contributed by atoms with E-state index in [-0.39, 0.29) is 5.54 Å². The van der Waals surface area contributed by atoms with Gasteiger partial charge in [0.15, 0.2) is 0 Å². The summed E-state index contributed by atoms with van der Waals surface area (Å²) in [5.41, 5.74) is 0.252. The van der Waals surface area contributed by atoms with Gasteiger partial charge in [0.1, 0.15) is 0 Å². The molecule has 1 fully saturated rings. The molecule has 1 aliphatic carbocycles. The number of rotatable bonds is 9. The largest absolute Gasteiger partial charge is 0.381 e. The number of hydrogen-bond donors (Lipinski definition) is 1. The fraction of sp³-hybridized carbons (Fsp3) is 1.00. The van der Waals surface area contributed by atoms with E-state index < -0.39 is 0 Å². The predicted octanol–water partition coefficient (Wildman–Crippen LogP) is 3.91. The van der Waals surface area contributed by atoms with Crippen LogP contribution in [0.5, 0.6) is 0 Å². The Labute approximate surface area is 125 Å². The molecule has 0 aromatic heterocycles. The van der Waals surface area contributed by atoms with Crippen LogP contribution in [0, 0.1) is 0 Å². The maximum absolute atomic E-state index is 5.98. The lowest BCUT2D eigenvalue weighted by atomic mass is 9.95. The lowest BCUT2D eigenvalue weighted by Gasteiger charge is -2.28. The van der Waals surface area contributed by atoms with E-state index in [0.717, 1.165) is 19.6 Å². The highest BCUT2D eigenvalue weighted by molar-refractivity contribution is 4.73. The number of unbranched alkanes of at least 4 members (excludes halogenated alkanes) is 3. The van der Waals surface area contributed by atoms with Gasteiger partial charge in [0.2, 0.25) is 0 Å². The second-order valence-corrected chi connectivity index (χ2v) is 7.11. The lowest BCUT2D eigenvalue weighted by molar-refractivity contribution is -0.0303. The smallest absolute Gasteiger partial charge is 0.0599 e. The van der Waals surface area contributed by atoms with Crippen LogP contribution in [0.3, 0.4) is 0 Å². The van der Waals surface area contributed by atoms with E-state index in [4.69, 9.17) is 9.47 Å². The summed E-state index contributed by atoms with van der Waals surface area (Å²) < 4.78 is 11.4. The molecule has 2 unspecified atom stereocenters. The Balaban J connectivity index is 1.89. The lowest BCUT2D eigenvalue weighted by Crippen LogP contribution is -2.36. The molecular formula is C17H35NO2. The molecule has 0 saturated heterocycles. The molecule has 0 amide bonds. The topological polar surface area (TPSA) is 30.5 Å². The highest BCUT2D eigenvalue weighted by Gasteiger charge is 2.21. The first kappa shape index (κ1) is 17.9. The maximum Gasteiger partial charge on any atom is 0.0599 e. The van der Waals surface area contributed by atoms with E-state index in [1.54, 1.807) is 0 Å². The quantitative estimate of drug-likeness (QED) is 0.652. The first-order chi connectivity index (χ1) is 9.51. The molecule has 0 aromatic carbocycles. The zero-order chi connectivity index (χ0) is 14.8. The van der Waals surface area contributed by atoms with Crippen LogP contribution in [0.2, 0.25) is 0 Å². The van der Waals surface area contributed by atoms with Crippen molar-refractivity contribution in [1.82, 2.24) is 5.32 Å². The normalized spacial score (nSPS) is 24.0. The number of hydrogen-bond acceptors (Lipinski definition) is 3. The highest BCUT2D eigenvalue weighted by atomic mass is 16.5. The van der Waals surface area contributed by atoms with Gasteiger partial charge >= 0.3 is 0 Å². The maximum atomic E-state index is 5.98. The van der Waals surface area contributed by atoms with E-state index in [0.29, 0.717) is 12.2 Å². The molecule has 0 spiro atoms. The van der Waals surface area contributed by atoms with E-state index >= 15 is 0 Å². The zero-order valence-corrected chi connectivity index (χ0v) is 14.0. The van der Waals surface area contributed by atoms with E-state index in [2.05, 4.69) is 26.1 Å². The number of methoxy groups -OCH3 is 1. The monoisotopic (exact) mass is 285 g/mol. The molecule has 20 heavy (non-hydrogen) atoms. The van der Waals surface area contributed by atoms with Crippen LogP contribution in [-0.4, -0.2) is 38.0 Å². The van der Waals surface area contributed by atoms with Crippen molar-refractivity contribution in [3.05, 3.63) is 0 Å². The summed E-state index contributed by atoms with van der Waals surface area (Å²) in [6.45, 7) is 8.71. The molecule has 0 bridgehead atoms. The summed E-state index contributed by atoms with van der Waals surface area (Å²) in [5.74, 6) is 0. The van der Waals surface area contributed by atoms with Gasteiger partial charge in [0, 0.05) is 19.3 Å². The van der Waals surface area contributed by atoms with Crippen LogP contribution >= 0.6 is 0 Å². The molecule has 1 aliphatic rings. The molecule has 1 saturated carbocycles. The van der Waals surface area contributed by atoms with E-state index in [9.17, 15) is 0 Å². The molecular weight excluding hydrogens is 250 g/mol. The molecule has 2 atom stereocenters. The van der Waals surface area contributed by atoms with Crippen molar-refractivity contribution in [2.45, 2.75) is 89.9 Å². The summed E-state index contributed by atoms with van der Waals surface area (Å²) in [6, 6.07) is 0. The third-order valence-corrected chi connectivity index (χ3v) is 3.99. The van der Waals surface area contributed by atoms with E-state index in [1.165, 1.54) is 44.9 Å². The van der Waals surface area contributed by atoms with Crippen molar-refractivity contribution < 1.29 is 9.47 Å². The predicted molar refractivity (Wildman–Crippen MR) is 85.2 cm³/mol. The van der Waals surface area contributed by atoms with Crippen molar-refractivity contribution in [2.24, 2.45) is 0 Å². The molecule has 0 heterocycles. The Morgan fingerprint density at radius 1 is 1.00 bits per heavy atom. The summed E-state index contributed by atoms with van der Waals surface area (Å²) in [6.07, 6.45) is 10.7. The first-order valence-corrected chi connectivity index (χ1v) is 8.40. The summed E-state index contributed by atoms with van der Waals surface area (Å²) in [5, 5.41) is 3.53. The van der Waals surface area contributed by atoms with Crippen LogP contribution in [0.25, 0.3) is 0 Å². The molecule has 0 aliphatic heterocycles.